The van der Waals surface area contributed by atoms with Gasteiger partial charge in [0.2, 0.25) is 0 Å². The van der Waals surface area contributed by atoms with E-state index in [0.717, 1.165) is 10.9 Å². The van der Waals surface area contributed by atoms with Gasteiger partial charge in [-0.1, -0.05) is 0 Å². The average Bonchev–Trinajstić information content (AvgIpc) is 2.19. The van der Waals surface area contributed by atoms with Gasteiger partial charge in [-0.25, -0.2) is 0 Å². The van der Waals surface area contributed by atoms with Crippen LogP contribution in [0.25, 0.3) is 0 Å². The quantitative estimate of drug-likeness (QED) is 0.593. The van der Waals surface area contributed by atoms with Crippen molar-refractivity contribution in [3.63, 3.8) is 0 Å². The third-order valence-electron chi connectivity index (χ3n) is 1.46. The number of nitriles is 1. The number of carbonyl (C=O) groups is 1. The van der Waals surface area contributed by atoms with Crippen molar-refractivity contribution in [3.8, 4) is 6.07 Å². The second-order valence-electron chi connectivity index (χ2n) is 2.41. The normalized spacial score (nSPS) is 9.15. The molecule has 2 nitrogen and oxygen atoms in total. The van der Waals surface area contributed by atoms with Gasteiger partial charge in [0.1, 0.15) is 0 Å². The molecular weight excluding hydrogens is 229 g/mol. The van der Waals surface area contributed by atoms with Crippen molar-refractivity contribution in [1.82, 2.24) is 0 Å². The van der Waals surface area contributed by atoms with Crippen molar-refractivity contribution >= 4 is 19.6 Å². The third-order valence-corrected chi connectivity index (χ3v) is 3.36. The Hall–Kier alpha value is -1.10. The molecule has 0 radical (unpaired) electrons. The molecule has 3 heteroatoms. The Balaban J connectivity index is 2.46. The summed E-state index contributed by atoms with van der Waals surface area (Å²) in [5.41, 5.74) is 0.764. The van der Waals surface area contributed by atoms with Crippen LogP contribution in [0.2, 0.25) is 5.32 Å². The van der Waals surface area contributed by atoms with E-state index in [1.807, 2.05) is 36.4 Å². The summed E-state index contributed by atoms with van der Waals surface area (Å²) in [5.74, 6) is 0. The molecule has 0 aromatic heterocycles. The predicted molar refractivity (Wildman–Crippen MR) is 51.6 cm³/mol. The summed E-state index contributed by atoms with van der Waals surface area (Å²) < 4.78 is 0.184. The molecule has 0 aliphatic rings. The van der Waals surface area contributed by atoms with E-state index >= 15 is 0 Å². The zero-order chi connectivity index (χ0) is 9.52. The van der Waals surface area contributed by atoms with Gasteiger partial charge in [-0.3, -0.25) is 0 Å². The topological polar surface area (TPSA) is 40.9 Å². The molecule has 0 fully saturated rings. The van der Waals surface area contributed by atoms with Gasteiger partial charge in [-0.2, -0.15) is 0 Å². The van der Waals surface area contributed by atoms with Crippen LogP contribution in [0.15, 0.2) is 30.3 Å². The number of hydrogen-bond donors (Lipinski definition) is 0. The Labute approximate surface area is 83.7 Å². The van der Waals surface area contributed by atoms with Crippen LogP contribution in [0.3, 0.4) is 0 Å². The van der Waals surface area contributed by atoms with Crippen LogP contribution in [-0.2, 0) is 0 Å². The van der Waals surface area contributed by atoms with Gasteiger partial charge in [0, 0.05) is 0 Å². The standard InChI is InChI=1S/C10H9NOSe/c11-7-4-8-13-10(12)9-5-2-1-3-6-9/h1-3,5-6H,4,8H2. The molecular formula is C10H9NOSe. The molecule has 0 bridgehead atoms. The summed E-state index contributed by atoms with van der Waals surface area (Å²) in [6.45, 7) is 0. The first-order valence-corrected chi connectivity index (χ1v) is 6.00. The van der Waals surface area contributed by atoms with Crippen LogP contribution >= 0.6 is 0 Å². The predicted octanol–water partition coefficient (Wildman–Crippen LogP) is 1.86. The molecule has 0 spiro atoms. The minimum atomic E-state index is -0.0723. The van der Waals surface area contributed by atoms with Crippen molar-refractivity contribution in [2.75, 3.05) is 0 Å². The molecule has 0 saturated carbocycles. The molecule has 13 heavy (non-hydrogen) atoms. The number of benzene rings is 1. The molecule has 0 saturated heterocycles. The monoisotopic (exact) mass is 239 g/mol. The van der Waals surface area contributed by atoms with E-state index in [4.69, 9.17) is 5.26 Å². The number of carbonyl (C=O) groups excluding carboxylic acids is 1. The van der Waals surface area contributed by atoms with Crippen LogP contribution in [0.5, 0.6) is 0 Å². The van der Waals surface area contributed by atoms with E-state index in [9.17, 15) is 4.79 Å². The third kappa shape index (κ3) is 3.41. The van der Waals surface area contributed by atoms with Crippen LogP contribution in [-0.4, -0.2) is 19.6 Å². The molecule has 1 rings (SSSR count). The zero-order valence-electron chi connectivity index (χ0n) is 7.06. The number of nitrogens with zero attached hydrogens (tertiary/aromatic N) is 1. The van der Waals surface area contributed by atoms with E-state index in [2.05, 4.69) is 0 Å². The maximum absolute atomic E-state index is 11.4. The molecule has 1 aromatic rings. The Bertz CT molecular complexity index is 315. The molecule has 0 amide bonds. The number of rotatable bonds is 4. The van der Waals surface area contributed by atoms with E-state index in [1.165, 1.54) is 0 Å². The van der Waals surface area contributed by atoms with Crippen LogP contribution in [0.4, 0.5) is 0 Å². The molecule has 0 aliphatic heterocycles. The fourth-order valence-corrected chi connectivity index (χ4v) is 2.28. The van der Waals surface area contributed by atoms with E-state index < -0.39 is 0 Å². The Kier molecular flexibility index (Phi) is 4.25. The maximum atomic E-state index is 11.4. The van der Waals surface area contributed by atoms with Crippen LogP contribution in [0, 0.1) is 11.3 Å². The first-order chi connectivity index (χ1) is 6.34. The average molecular weight is 238 g/mol. The Morgan fingerprint density at radius 2 is 2.08 bits per heavy atom. The summed E-state index contributed by atoms with van der Waals surface area (Å²) in [7, 11) is 0. The van der Waals surface area contributed by atoms with Gasteiger partial charge in [-0.05, 0) is 0 Å². The summed E-state index contributed by atoms with van der Waals surface area (Å²) in [4.78, 5) is 11.4. The van der Waals surface area contributed by atoms with Crippen LogP contribution in [0.1, 0.15) is 16.8 Å². The molecule has 1 aromatic carbocycles. The SMILES string of the molecule is N#CCC[Se]C(=O)c1ccccc1. The first-order valence-electron chi connectivity index (χ1n) is 3.93. The molecule has 0 aliphatic carbocycles. The second kappa shape index (κ2) is 5.53. The summed E-state index contributed by atoms with van der Waals surface area (Å²) in [5, 5.41) is 9.02. The van der Waals surface area contributed by atoms with E-state index in [0.29, 0.717) is 6.42 Å². The van der Waals surface area contributed by atoms with Crippen molar-refractivity contribution in [2.24, 2.45) is 0 Å². The van der Waals surface area contributed by atoms with Crippen LogP contribution < -0.4 is 0 Å². The van der Waals surface area contributed by atoms with E-state index in [-0.39, 0.29) is 19.6 Å². The minimum absolute atomic E-state index is 0.0723. The number of hydrogen-bond acceptors (Lipinski definition) is 2. The zero-order valence-corrected chi connectivity index (χ0v) is 8.78. The summed E-state index contributed by atoms with van der Waals surface area (Å²) >= 11 is -0.0723. The molecule has 0 atom stereocenters. The Morgan fingerprint density at radius 3 is 2.69 bits per heavy atom. The van der Waals surface area contributed by atoms with Gasteiger partial charge >= 0.3 is 83.4 Å². The van der Waals surface area contributed by atoms with Gasteiger partial charge < -0.3 is 0 Å². The van der Waals surface area contributed by atoms with Gasteiger partial charge in [0.25, 0.3) is 0 Å². The van der Waals surface area contributed by atoms with Crippen molar-refractivity contribution in [2.45, 2.75) is 11.7 Å². The fraction of sp³-hybridized carbons (Fsp3) is 0.200. The van der Waals surface area contributed by atoms with Crippen molar-refractivity contribution in [1.29, 1.82) is 5.26 Å². The molecule has 66 valence electrons. The first kappa shape index (κ1) is 9.98. The summed E-state index contributed by atoms with van der Waals surface area (Å²) in [6.07, 6.45) is 0.485. The van der Waals surface area contributed by atoms with Crippen molar-refractivity contribution in [3.05, 3.63) is 35.9 Å². The molecule has 0 unspecified atom stereocenters. The second-order valence-corrected chi connectivity index (χ2v) is 4.65. The van der Waals surface area contributed by atoms with Gasteiger partial charge in [0.15, 0.2) is 0 Å². The Morgan fingerprint density at radius 1 is 1.38 bits per heavy atom. The fourth-order valence-electron chi connectivity index (χ4n) is 0.847. The van der Waals surface area contributed by atoms with Crippen molar-refractivity contribution < 1.29 is 4.79 Å². The molecule has 0 heterocycles. The van der Waals surface area contributed by atoms with Gasteiger partial charge in [0.05, 0.1) is 0 Å². The van der Waals surface area contributed by atoms with E-state index in [1.54, 1.807) is 0 Å². The van der Waals surface area contributed by atoms with Gasteiger partial charge in [-0.15, -0.1) is 0 Å². The molecule has 0 N–H and O–H groups in total. The summed E-state index contributed by atoms with van der Waals surface area (Å²) in [6, 6.07) is 11.3.